The van der Waals surface area contributed by atoms with Crippen LogP contribution in [0.15, 0.2) is 35.1 Å². The second-order valence-corrected chi connectivity index (χ2v) is 5.11. The van der Waals surface area contributed by atoms with Crippen molar-refractivity contribution in [1.29, 1.82) is 0 Å². The third kappa shape index (κ3) is 2.30. The number of nitrogens with zero attached hydrogens (tertiary/aromatic N) is 2. The van der Waals surface area contributed by atoms with Gasteiger partial charge in [-0.25, -0.2) is 4.98 Å². The maximum Gasteiger partial charge on any atom is 0.276 e. The van der Waals surface area contributed by atoms with Crippen LogP contribution in [0, 0.1) is 0 Å². The number of aromatic nitrogens is 1. The number of benzene rings is 1. The van der Waals surface area contributed by atoms with Gasteiger partial charge in [0.15, 0.2) is 17.8 Å². The molecule has 1 aliphatic heterocycles. The van der Waals surface area contributed by atoms with E-state index in [0.29, 0.717) is 35.9 Å². The van der Waals surface area contributed by atoms with Gasteiger partial charge in [-0.2, -0.15) is 0 Å². The molecule has 1 fully saturated rings. The monoisotopic (exact) mass is 292 g/mol. The number of amides is 1. The van der Waals surface area contributed by atoms with Crippen LogP contribution in [0.4, 0.5) is 0 Å². The van der Waals surface area contributed by atoms with Gasteiger partial charge in [0, 0.05) is 18.7 Å². The van der Waals surface area contributed by atoms with Crippen LogP contribution in [-0.2, 0) is 0 Å². The van der Waals surface area contributed by atoms with Crippen molar-refractivity contribution in [1.82, 2.24) is 9.88 Å². The number of rotatable bonds is 2. The average Bonchev–Trinajstić information content (AvgIpc) is 3.07. The van der Waals surface area contributed by atoms with Crippen molar-refractivity contribution in [3.05, 3.63) is 41.4 Å². The Labute approximate surface area is 120 Å². The number of halogens is 1. The lowest BCUT2D eigenvalue weighted by Gasteiger charge is -2.14. The topological polar surface area (TPSA) is 66.6 Å². The molecule has 1 saturated heterocycles. The molecule has 6 heteroatoms. The number of hydrogen-bond acceptors (Lipinski definition) is 4. The van der Waals surface area contributed by atoms with E-state index in [-0.39, 0.29) is 11.6 Å². The standard InChI is InChI=1S/C14H13ClN2O3/c15-11-4-2-1-3-10(11)13-12(16-8-20-13)14(19)17-6-5-9(18)7-17/h1-4,8-9,18H,5-7H2/t9-/m1/s1. The zero-order chi connectivity index (χ0) is 14.1. The molecule has 1 aromatic heterocycles. The zero-order valence-corrected chi connectivity index (χ0v) is 11.4. The van der Waals surface area contributed by atoms with E-state index in [9.17, 15) is 9.90 Å². The summed E-state index contributed by atoms with van der Waals surface area (Å²) in [7, 11) is 0. The van der Waals surface area contributed by atoms with Gasteiger partial charge in [-0.15, -0.1) is 0 Å². The Bertz CT molecular complexity index is 641. The molecule has 0 spiro atoms. The van der Waals surface area contributed by atoms with Crippen LogP contribution in [0.1, 0.15) is 16.9 Å². The number of carbonyl (C=O) groups is 1. The van der Waals surface area contributed by atoms with E-state index >= 15 is 0 Å². The highest BCUT2D eigenvalue weighted by molar-refractivity contribution is 6.33. The van der Waals surface area contributed by atoms with E-state index in [1.54, 1.807) is 23.1 Å². The summed E-state index contributed by atoms with van der Waals surface area (Å²) in [5.41, 5.74) is 0.863. The molecule has 1 N–H and O–H groups in total. The van der Waals surface area contributed by atoms with Gasteiger partial charge in [0.1, 0.15) is 0 Å². The Morgan fingerprint density at radius 2 is 2.25 bits per heavy atom. The molecule has 0 radical (unpaired) electrons. The molecule has 0 bridgehead atoms. The maximum absolute atomic E-state index is 12.4. The fourth-order valence-corrected chi connectivity index (χ4v) is 2.53. The van der Waals surface area contributed by atoms with Crippen molar-refractivity contribution < 1.29 is 14.3 Å². The molecule has 1 atom stereocenters. The molecule has 0 unspecified atom stereocenters. The summed E-state index contributed by atoms with van der Waals surface area (Å²) in [5.74, 6) is 0.118. The first-order chi connectivity index (χ1) is 9.66. The van der Waals surface area contributed by atoms with Crippen molar-refractivity contribution in [2.24, 2.45) is 0 Å². The van der Waals surface area contributed by atoms with Crippen molar-refractivity contribution in [2.45, 2.75) is 12.5 Å². The first-order valence-electron chi connectivity index (χ1n) is 6.32. The molecular weight excluding hydrogens is 280 g/mol. The lowest BCUT2D eigenvalue weighted by atomic mass is 10.1. The van der Waals surface area contributed by atoms with Crippen LogP contribution >= 0.6 is 11.6 Å². The van der Waals surface area contributed by atoms with Gasteiger partial charge in [0.05, 0.1) is 11.1 Å². The van der Waals surface area contributed by atoms with Crippen LogP contribution in [0.5, 0.6) is 0 Å². The molecule has 2 aromatic rings. The summed E-state index contributed by atoms with van der Waals surface area (Å²) in [4.78, 5) is 18.0. The van der Waals surface area contributed by atoms with Gasteiger partial charge in [0.25, 0.3) is 5.91 Å². The Morgan fingerprint density at radius 3 is 2.95 bits per heavy atom. The number of aliphatic hydroxyl groups excluding tert-OH is 1. The third-order valence-corrected chi connectivity index (χ3v) is 3.67. The highest BCUT2D eigenvalue weighted by Gasteiger charge is 2.29. The third-order valence-electron chi connectivity index (χ3n) is 3.34. The first-order valence-corrected chi connectivity index (χ1v) is 6.70. The summed E-state index contributed by atoms with van der Waals surface area (Å²) in [6.07, 6.45) is 1.36. The van der Waals surface area contributed by atoms with E-state index in [1.807, 2.05) is 6.07 Å². The summed E-state index contributed by atoms with van der Waals surface area (Å²) in [5, 5.41) is 10.0. The van der Waals surface area contributed by atoms with Gasteiger partial charge in [0.2, 0.25) is 0 Å². The van der Waals surface area contributed by atoms with E-state index in [0.717, 1.165) is 0 Å². The molecule has 1 amide bonds. The highest BCUT2D eigenvalue weighted by Crippen LogP contribution is 2.30. The average molecular weight is 293 g/mol. The molecule has 20 heavy (non-hydrogen) atoms. The Morgan fingerprint density at radius 1 is 1.45 bits per heavy atom. The Balaban J connectivity index is 1.95. The predicted molar refractivity (Wildman–Crippen MR) is 73.5 cm³/mol. The summed E-state index contributed by atoms with van der Waals surface area (Å²) < 4.78 is 5.33. The van der Waals surface area contributed by atoms with Crippen LogP contribution in [0.3, 0.4) is 0 Å². The Hall–Kier alpha value is -1.85. The number of aliphatic hydroxyl groups is 1. The smallest absolute Gasteiger partial charge is 0.276 e. The number of hydrogen-bond donors (Lipinski definition) is 1. The first kappa shape index (κ1) is 13.1. The van der Waals surface area contributed by atoms with Gasteiger partial charge in [-0.1, -0.05) is 23.7 Å². The molecular formula is C14H13ClN2O3. The van der Waals surface area contributed by atoms with Crippen LogP contribution in [-0.4, -0.2) is 40.1 Å². The molecule has 3 rings (SSSR count). The molecule has 1 aliphatic rings. The van der Waals surface area contributed by atoms with Crippen molar-refractivity contribution >= 4 is 17.5 Å². The SMILES string of the molecule is O=C(c1ncoc1-c1ccccc1Cl)N1CC[C@@H](O)C1. The van der Waals surface area contributed by atoms with E-state index in [4.69, 9.17) is 16.0 Å². The van der Waals surface area contributed by atoms with Gasteiger partial charge in [-0.3, -0.25) is 4.79 Å². The van der Waals surface area contributed by atoms with Crippen LogP contribution < -0.4 is 0 Å². The minimum atomic E-state index is -0.463. The number of oxazole rings is 1. The lowest BCUT2D eigenvalue weighted by molar-refractivity contribution is 0.0760. The second-order valence-electron chi connectivity index (χ2n) is 4.70. The molecule has 0 aliphatic carbocycles. The summed E-state index contributed by atoms with van der Waals surface area (Å²) >= 11 is 6.12. The highest BCUT2D eigenvalue weighted by atomic mass is 35.5. The van der Waals surface area contributed by atoms with Crippen molar-refractivity contribution in [2.75, 3.05) is 13.1 Å². The summed E-state index contributed by atoms with van der Waals surface area (Å²) in [6.45, 7) is 0.850. The lowest BCUT2D eigenvalue weighted by Crippen LogP contribution is -2.30. The minimum Gasteiger partial charge on any atom is -0.443 e. The quantitative estimate of drug-likeness (QED) is 0.921. The number of likely N-dealkylation sites (tertiary alicyclic amines) is 1. The maximum atomic E-state index is 12.4. The zero-order valence-electron chi connectivity index (χ0n) is 10.6. The van der Waals surface area contributed by atoms with E-state index < -0.39 is 6.10 Å². The molecule has 5 nitrogen and oxygen atoms in total. The van der Waals surface area contributed by atoms with Gasteiger partial charge >= 0.3 is 0 Å². The normalized spacial score (nSPS) is 18.5. The van der Waals surface area contributed by atoms with E-state index in [1.165, 1.54) is 6.39 Å². The van der Waals surface area contributed by atoms with E-state index in [2.05, 4.69) is 4.98 Å². The second kappa shape index (κ2) is 5.26. The fourth-order valence-electron chi connectivity index (χ4n) is 2.31. The van der Waals surface area contributed by atoms with Crippen molar-refractivity contribution in [3.8, 4) is 11.3 Å². The number of carbonyl (C=O) groups excluding carboxylic acids is 1. The fraction of sp³-hybridized carbons (Fsp3) is 0.286. The minimum absolute atomic E-state index is 0.229. The van der Waals surface area contributed by atoms with Crippen molar-refractivity contribution in [3.63, 3.8) is 0 Å². The molecule has 104 valence electrons. The largest absolute Gasteiger partial charge is 0.443 e. The molecule has 0 saturated carbocycles. The summed E-state index contributed by atoms with van der Waals surface area (Å²) in [6, 6.07) is 7.13. The van der Waals surface area contributed by atoms with Gasteiger partial charge < -0.3 is 14.4 Å². The molecule has 2 heterocycles. The Kier molecular flexibility index (Phi) is 3.46. The van der Waals surface area contributed by atoms with Crippen LogP contribution in [0.2, 0.25) is 5.02 Å². The van der Waals surface area contributed by atoms with Crippen LogP contribution in [0.25, 0.3) is 11.3 Å². The van der Waals surface area contributed by atoms with Gasteiger partial charge in [-0.05, 0) is 18.6 Å². The molecule has 1 aromatic carbocycles. The predicted octanol–water partition coefficient (Wildman–Crippen LogP) is 2.20. The number of β-amino-alcohol motifs (C(OH)–C–C–N with tert-alkyl or cyclic N) is 1.